The number of esters is 1. The van der Waals surface area contributed by atoms with Gasteiger partial charge in [0.1, 0.15) is 6.61 Å². The van der Waals surface area contributed by atoms with Crippen molar-refractivity contribution in [2.75, 3.05) is 0 Å². The lowest BCUT2D eigenvalue weighted by atomic mass is 10.0. The molecule has 0 fully saturated rings. The molecule has 142 valence electrons. The molecule has 0 bridgehead atoms. The Labute approximate surface area is 166 Å². The summed E-state index contributed by atoms with van der Waals surface area (Å²) in [6, 6.07) is 24.7. The van der Waals surface area contributed by atoms with Gasteiger partial charge in [0, 0.05) is 23.1 Å². The number of hydrogen-bond donors (Lipinski definition) is 0. The highest BCUT2D eigenvalue weighted by Gasteiger charge is 2.15. The fourth-order valence-electron chi connectivity index (χ4n) is 3.04. The van der Waals surface area contributed by atoms with Crippen molar-refractivity contribution < 1.29 is 14.5 Å². The van der Waals surface area contributed by atoms with Crippen molar-refractivity contribution >= 4 is 22.6 Å². The average molecular weight is 384 g/mol. The van der Waals surface area contributed by atoms with Crippen LogP contribution >= 0.6 is 0 Å². The number of aromatic nitrogens is 1. The van der Waals surface area contributed by atoms with Gasteiger partial charge in [-0.05, 0) is 29.8 Å². The first-order chi connectivity index (χ1) is 14.1. The van der Waals surface area contributed by atoms with E-state index >= 15 is 0 Å². The van der Waals surface area contributed by atoms with Crippen LogP contribution in [0.15, 0.2) is 84.9 Å². The van der Waals surface area contributed by atoms with Crippen LogP contribution in [0, 0.1) is 10.1 Å². The van der Waals surface area contributed by atoms with Crippen LogP contribution in [-0.4, -0.2) is 15.9 Å². The van der Waals surface area contributed by atoms with E-state index in [1.54, 1.807) is 18.2 Å². The zero-order valence-electron chi connectivity index (χ0n) is 15.3. The van der Waals surface area contributed by atoms with E-state index in [2.05, 4.69) is 4.98 Å². The second kappa shape index (κ2) is 7.90. The van der Waals surface area contributed by atoms with Crippen molar-refractivity contribution in [3.63, 3.8) is 0 Å². The third-order valence-electron chi connectivity index (χ3n) is 4.52. The molecular formula is C23H16N2O4. The summed E-state index contributed by atoms with van der Waals surface area (Å²) in [7, 11) is 0. The second-order valence-corrected chi connectivity index (χ2v) is 6.44. The quantitative estimate of drug-likeness (QED) is 0.269. The molecule has 0 aliphatic rings. The summed E-state index contributed by atoms with van der Waals surface area (Å²) in [5, 5.41) is 11.5. The van der Waals surface area contributed by atoms with Gasteiger partial charge in [-0.3, -0.25) is 10.1 Å². The summed E-state index contributed by atoms with van der Waals surface area (Å²) in [4.78, 5) is 27.8. The first-order valence-electron chi connectivity index (χ1n) is 8.97. The lowest BCUT2D eigenvalue weighted by molar-refractivity contribution is -0.384. The smallest absolute Gasteiger partial charge is 0.339 e. The zero-order chi connectivity index (χ0) is 20.2. The Balaban J connectivity index is 1.63. The molecule has 0 atom stereocenters. The molecule has 1 heterocycles. The molecule has 0 unspecified atom stereocenters. The molecule has 6 nitrogen and oxygen atoms in total. The number of nitrogens with zero attached hydrogens (tertiary/aromatic N) is 2. The van der Waals surface area contributed by atoms with E-state index in [-0.39, 0.29) is 12.3 Å². The maximum atomic E-state index is 12.8. The number of pyridine rings is 1. The minimum absolute atomic E-state index is 0.00675. The minimum atomic E-state index is -0.473. The molecule has 1 aromatic heterocycles. The van der Waals surface area contributed by atoms with Gasteiger partial charge in [0.05, 0.1) is 21.7 Å². The van der Waals surface area contributed by atoms with E-state index in [4.69, 9.17) is 4.74 Å². The summed E-state index contributed by atoms with van der Waals surface area (Å²) in [6.45, 7) is 0.0220. The zero-order valence-corrected chi connectivity index (χ0v) is 15.3. The third kappa shape index (κ3) is 3.96. The van der Waals surface area contributed by atoms with Gasteiger partial charge < -0.3 is 4.74 Å². The van der Waals surface area contributed by atoms with Crippen LogP contribution in [-0.2, 0) is 11.3 Å². The summed E-state index contributed by atoms with van der Waals surface area (Å²) in [5.41, 5.74) is 3.39. The number of carbonyl (C=O) groups is 1. The number of fused-ring (bicyclic) bond motifs is 1. The van der Waals surface area contributed by atoms with Crippen molar-refractivity contribution in [3.8, 4) is 11.3 Å². The molecule has 0 saturated carbocycles. The van der Waals surface area contributed by atoms with Gasteiger partial charge in [-0.25, -0.2) is 9.78 Å². The van der Waals surface area contributed by atoms with Gasteiger partial charge in [-0.15, -0.1) is 0 Å². The van der Waals surface area contributed by atoms with Gasteiger partial charge >= 0.3 is 5.97 Å². The van der Waals surface area contributed by atoms with Gasteiger partial charge in [-0.1, -0.05) is 48.5 Å². The van der Waals surface area contributed by atoms with E-state index in [9.17, 15) is 14.9 Å². The maximum absolute atomic E-state index is 12.8. The fraction of sp³-hybridized carbons (Fsp3) is 0.0435. The van der Waals surface area contributed by atoms with Crippen LogP contribution in [0.4, 0.5) is 5.69 Å². The normalized spacial score (nSPS) is 10.6. The van der Waals surface area contributed by atoms with Gasteiger partial charge in [0.15, 0.2) is 0 Å². The highest BCUT2D eigenvalue weighted by molar-refractivity contribution is 6.04. The van der Waals surface area contributed by atoms with Crippen LogP contribution in [0.5, 0.6) is 0 Å². The van der Waals surface area contributed by atoms with E-state index in [0.717, 1.165) is 5.56 Å². The predicted molar refractivity (Wildman–Crippen MR) is 109 cm³/mol. The van der Waals surface area contributed by atoms with Crippen molar-refractivity contribution in [2.45, 2.75) is 6.61 Å². The maximum Gasteiger partial charge on any atom is 0.339 e. The molecule has 4 aromatic rings. The fourth-order valence-corrected chi connectivity index (χ4v) is 3.04. The molecule has 0 aliphatic heterocycles. The summed E-state index contributed by atoms with van der Waals surface area (Å²) in [6.07, 6.45) is 0. The largest absolute Gasteiger partial charge is 0.457 e. The molecule has 0 spiro atoms. The Hall–Kier alpha value is -4.06. The van der Waals surface area contributed by atoms with Gasteiger partial charge in [0.25, 0.3) is 5.69 Å². The molecule has 29 heavy (non-hydrogen) atoms. The minimum Gasteiger partial charge on any atom is -0.457 e. The topological polar surface area (TPSA) is 82.3 Å². The average Bonchev–Trinajstić information content (AvgIpc) is 2.77. The van der Waals surface area contributed by atoms with E-state index in [1.165, 1.54) is 12.1 Å². The molecule has 0 amide bonds. The molecule has 6 heteroatoms. The number of non-ortho nitro benzene ring substituents is 1. The van der Waals surface area contributed by atoms with Crippen LogP contribution in [0.2, 0.25) is 0 Å². The number of nitro benzene ring substituents is 1. The highest BCUT2D eigenvalue weighted by atomic mass is 16.6. The van der Waals surface area contributed by atoms with Crippen molar-refractivity contribution in [3.05, 3.63) is 106 Å². The number of hydrogen-bond acceptors (Lipinski definition) is 5. The SMILES string of the molecule is O=C(OCc1ccc([N+](=O)[O-])cc1)c1cc(-c2ccccc2)nc2ccccc12. The highest BCUT2D eigenvalue weighted by Crippen LogP contribution is 2.25. The van der Waals surface area contributed by atoms with Crippen molar-refractivity contribution in [1.82, 2.24) is 4.98 Å². The lowest BCUT2D eigenvalue weighted by Crippen LogP contribution is -2.07. The second-order valence-electron chi connectivity index (χ2n) is 6.44. The molecule has 0 N–H and O–H groups in total. The Morgan fingerprint density at radius 3 is 2.34 bits per heavy atom. The van der Waals surface area contributed by atoms with E-state index in [1.807, 2.05) is 54.6 Å². The molecule has 3 aromatic carbocycles. The number of nitro groups is 1. The summed E-state index contributed by atoms with van der Waals surface area (Å²) >= 11 is 0. The Morgan fingerprint density at radius 1 is 0.931 bits per heavy atom. The third-order valence-corrected chi connectivity index (χ3v) is 4.52. The van der Waals surface area contributed by atoms with Crippen LogP contribution in [0.1, 0.15) is 15.9 Å². The predicted octanol–water partition coefficient (Wildman–Crippen LogP) is 5.17. The Morgan fingerprint density at radius 2 is 1.62 bits per heavy atom. The van der Waals surface area contributed by atoms with Gasteiger partial charge in [-0.2, -0.15) is 0 Å². The van der Waals surface area contributed by atoms with Gasteiger partial charge in [0.2, 0.25) is 0 Å². The molecule has 4 rings (SSSR count). The standard InChI is InChI=1S/C23H16N2O4/c26-23(29-15-16-10-12-18(13-11-16)25(27)28)20-14-22(17-6-2-1-3-7-17)24-21-9-5-4-8-19(20)21/h1-14H,15H2. The van der Waals surface area contributed by atoms with E-state index < -0.39 is 10.9 Å². The molecule has 0 saturated heterocycles. The van der Waals surface area contributed by atoms with Crippen LogP contribution in [0.25, 0.3) is 22.2 Å². The monoisotopic (exact) mass is 384 g/mol. The number of ether oxygens (including phenoxy) is 1. The Bertz CT molecular complexity index is 1190. The van der Waals surface area contributed by atoms with E-state index in [0.29, 0.717) is 27.7 Å². The molecule has 0 radical (unpaired) electrons. The summed E-state index contributed by atoms with van der Waals surface area (Å²) < 4.78 is 5.48. The van der Waals surface area contributed by atoms with Crippen molar-refractivity contribution in [2.24, 2.45) is 0 Å². The molecular weight excluding hydrogens is 368 g/mol. The number of para-hydroxylation sites is 1. The van der Waals surface area contributed by atoms with Crippen LogP contribution in [0.3, 0.4) is 0 Å². The first kappa shape index (κ1) is 18.3. The Kier molecular flexibility index (Phi) is 4.99. The lowest BCUT2D eigenvalue weighted by Gasteiger charge is -2.10. The number of rotatable bonds is 5. The van der Waals surface area contributed by atoms with Crippen LogP contribution < -0.4 is 0 Å². The number of benzene rings is 3. The first-order valence-corrected chi connectivity index (χ1v) is 8.97. The number of carbonyl (C=O) groups excluding carboxylic acids is 1. The molecule has 0 aliphatic carbocycles. The summed E-state index contributed by atoms with van der Waals surface area (Å²) in [5.74, 6) is -0.473. The van der Waals surface area contributed by atoms with Crippen molar-refractivity contribution in [1.29, 1.82) is 0 Å².